The molecule has 2 rings (SSSR count). The Bertz CT molecular complexity index is 544. The molecule has 4 heteroatoms. The Morgan fingerprint density at radius 1 is 1.30 bits per heavy atom. The van der Waals surface area contributed by atoms with Gasteiger partial charge in [-0.3, -0.25) is 0 Å². The van der Waals surface area contributed by atoms with Gasteiger partial charge in [-0.2, -0.15) is 11.3 Å². The molecule has 3 nitrogen and oxygen atoms in total. The molecule has 0 aliphatic carbocycles. The molecule has 1 unspecified atom stereocenters. The fourth-order valence-corrected chi connectivity index (χ4v) is 2.54. The molecule has 0 bridgehead atoms. The summed E-state index contributed by atoms with van der Waals surface area (Å²) in [5.74, 6) is 1.04. The number of anilines is 1. The van der Waals surface area contributed by atoms with E-state index in [1.165, 1.54) is 11.1 Å². The van der Waals surface area contributed by atoms with Crippen LogP contribution < -0.4 is 11.1 Å². The fraction of sp³-hybridized carbons (Fsp3) is 0.312. The average molecular weight is 287 g/mol. The first kappa shape index (κ1) is 14.6. The Morgan fingerprint density at radius 2 is 2.05 bits per heavy atom. The van der Waals surface area contributed by atoms with Crippen molar-refractivity contribution in [3.8, 4) is 0 Å². The van der Waals surface area contributed by atoms with Gasteiger partial charge in [0.15, 0.2) is 5.96 Å². The first-order valence-electron chi connectivity index (χ1n) is 6.87. The average Bonchev–Trinajstić information content (AvgIpc) is 2.98. The molecular formula is C16H21N3S. The second kappa shape index (κ2) is 7.10. The van der Waals surface area contributed by atoms with Crippen molar-refractivity contribution in [2.45, 2.75) is 32.7 Å². The summed E-state index contributed by atoms with van der Waals surface area (Å²) in [6.45, 7) is 5.05. The largest absolute Gasteiger partial charge is 0.370 e. The number of rotatable bonds is 5. The summed E-state index contributed by atoms with van der Waals surface area (Å²) < 4.78 is 0. The fourth-order valence-electron chi connectivity index (χ4n) is 1.88. The first-order chi connectivity index (χ1) is 9.69. The number of nitrogens with two attached hydrogens (primary N) is 1. The van der Waals surface area contributed by atoms with Crippen LogP contribution in [-0.4, -0.2) is 5.96 Å². The molecule has 0 aliphatic heterocycles. The van der Waals surface area contributed by atoms with Crippen LogP contribution >= 0.6 is 11.3 Å². The maximum Gasteiger partial charge on any atom is 0.193 e. The van der Waals surface area contributed by atoms with Crippen LogP contribution in [0.25, 0.3) is 0 Å². The third-order valence-corrected chi connectivity index (χ3v) is 4.11. The Labute approximate surface area is 124 Å². The third kappa shape index (κ3) is 4.10. The lowest BCUT2D eigenvalue weighted by atomic mass is 9.99. The van der Waals surface area contributed by atoms with Gasteiger partial charge in [0.2, 0.25) is 0 Å². The van der Waals surface area contributed by atoms with Crippen molar-refractivity contribution < 1.29 is 0 Å². The maximum absolute atomic E-state index is 5.89. The van der Waals surface area contributed by atoms with Crippen LogP contribution in [0.1, 0.15) is 37.3 Å². The highest BCUT2D eigenvalue weighted by Gasteiger charge is 2.02. The molecule has 0 spiro atoms. The van der Waals surface area contributed by atoms with Gasteiger partial charge in [-0.05, 0) is 52.4 Å². The number of thiophene rings is 1. The van der Waals surface area contributed by atoms with Gasteiger partial charge >= 0.3 is 0 Å². The van der Waals surface area contributed by atoms with Crippen molar-refractivity contribution in [2.24, 2.45) is 10.7 Å². The highest BCUT2D eigenvalue weighted by Crippen LogP contribution is 2.20. The van der Waals surface area contributed by atoms with Crippen LogP contribution in [0.3, 0.4) is 0 Å². The number of hydrogen-bond donors (Lipinski definition) is 2. The highest BCUT2D eigenvalue weighted by atomic mass is 32.1. The van der Waals surface area contributed by atoms with E-state index in [2.05, 4.69) is 59.9 Å². The molecular weight excluding hydrogens is 266 g/mol. The van der Waals surface area contributed by atoms with Crippen LogP contribution in [0, 0.1) is 0 Å². The monoisotopic (exact) mass is 287 g/mol. The van der Waals surface area contributed by atoms with Crippen molar-refractivity contribution >= 4 is 23.0 Å². The zero-order chi connectivity index (χ0) is 14.4. The number of guanidine groups is 1. The molecule has 20 heavy (non-hydrogen) atoms. The van der Waals surface area contributed by atoms with Crippen molar-refractivity contribution in [1.29, 1.82) is 0 Å². The Hall–Kier alpha value is -1.81. The number of aliphatic imine (C=N–C) groups is 1. The second-order valence-electron chi connectivity index (χ2n) is 4.89. The molecule has 2 aromatic rings. The normalized spacial score (nSPS) is 13.2. The molecule has 0 aliphatic rings. The minimum absolute atomic E-state index is 0.451. The number of nitrogens with one attached hydrogen (secondary N) is 1. The summed E-state index contributed by atoms with van der Waals surface area (Å²) in [7, 11) is 0. The van der Waals surface area contributed by atoms with E-state index < -0.39 is 0 Å². The second-order valence-corrected chi connectivity index (χ2v) is 5.67. The molecule has 1 heterocycles. The number of benzene rings is 1. The van der Waals surface area contributed by atoms with Gasteiger partial charge < -0.3 is 11.1 Å². The SMILES string of the molecule is CCC(C)c1ccc(NC(N)=NCc2ccsc2)cc1. The molecule has 0 fully saturated rings. The van der Waals surface area contributed by atoms with Crippen LogP contribution in [0.5, 0.6) is 0 Å². The van der Waals surface area contributed by atoms with Gasteiger partial charge in [0.1, 0.15) is 0 Å². The van der Waals surface area contributed by atoms with Gasteiger partial charge in [0, 0.05) is 5.69 Å². The lowest BCUT2D eigenvalue weighted by molar-refractivity contribution is 0.734. The van der Waals surface area contributed by atoms with Crippen molar-refractivity contribution in [1.82, 2.24) is 0 Å². The standard InChI is InChI=1S/C16H21N3S/c1-3-12(2)14-4-6-15(7-5-14)19-16(17)18-10-13-8-9-20-11-13/h4-9,11-12H,3,10H2,1-2H3,(H3,17,18,19). The minimum atomic E-state index is 0.451. The predicted octanol–water partition coefficient (Wildman–Crippen LogP) is 4.19. The molecule has 3 N–H and O–H groups in total. The van der Waals surface area contributed by atoms with Gasteiger partial charge in [0.25, 0.3) is 0 Å². The van der Waals surface area contributed by atoms with E-state index in [1.54, 1.807) is 11.3 Å². The maximum atomic E-state index is 5.89. The number of hydrogen-bond acceptors (Lipinski definition) is 2. The van der Waals surface area contributed by atoms with Crippen molar-refractivity contribution in [2.75, 3.05) is 5.32 Å². The summed E-state index contributed by atoms with van der Waals surface area (Å²) in [5, 5.41) is 7.24. The topological polar surface area (TPSA) is 50.4 Å². The molecule has 0 saturated heterocycles. The molecule has 1 atom stereocenters. The van der Waals surface area contributed by atoms with E-state index in [4.69, 9.17) is 5.73 Å². The third-order valence-electron chi connectivity index (χ3n) is 3.38. The minimum Gasteiger partial charge on any atom is -0.370 e. The molecule has 1 aromatic carbocycles. The summed E-state index contributed by atoms with van der Waals surface area (Å²) >= 11 is 1.67. The summed E-state index contributed by atoms with van der Waals surface area (Å²) in [6, 6.07) is 10.4. The highest BCUT2D eigenvalue weighted by molar-refractivity contribution is 7.07. The zero-order valence-electron chi connectivity index (χ0n) is 12.0. The Balaban J connectivity index is 1.93. The van der Waals surface area contributed by atoms with Crippen LogP contribution in [0.15, 0.2) is 46.1 Å². The molecule has 0 saturated carbocycles. The van der Waals surface area contributed by atoms with E-state index in [0.717, 1.165) is 12.1 Å². The lowest BCUT2D eigenvalue weighted by Crippen LogP contribution is -2.22. The Morgan fingerprint density at radius 3 is 2.65 bits per heavy atom. The molecule has 1 aromatic heterocycles. The van der Waals surface area contributed by atoms with Gasteiger partial charge in [-0.15, -0.1) is 0 Å². The molecule has 0 radical (unpaired) electrons. The quantitative estimate of drug-likeness (QED) is 0.640. The van der Waals surface area contributed by atoms with E-state index in [9.17, 15) is 0 Å². The van der Waals surface area contributed by atoms with E-state index in [0.29, 0.717) is 18.4 Å². The van der Waals surface area contributed by atoms with Crippen LogP contribution in [0.4, 0.5) is 5.69 Å². The van der Waals surface area contributed by atoms with E-state index >= 15 is 0 Å². The summed E-state index contributed by atoms with van der Waals surface area (Å²) in [5.41, 5.74) is 9.40. The van der Waals surface area contributed by atoms with Gasteiger partial charge in [-0.25, -0.2) is 4.99 Å². The molecule has 0 amide bonds. The summed E-state index contributed by atoms with van der Waals surface area (Å²) in [6.07, 6.45) is 1.15. The van der Waals surface area contributed by atoms with Crippen molar-refractivity contribution in [3.63, 3.8) is 0 Å². The van der Waals surface area contributed by atoms with Crippen molar-refractivity contribution in [3.05, 3.63) is 52.2 Å². The van der Waals surface area contributed by atoms with Gasteiger partial charge in [0.05, 0.1) is 6.54 Å². The van der Waals surface area contributed by atoms with Gasteiger partial charge in [-0.1, -0.05) is 26.0 Å². The summed E-state index contributed by atoms with van der Waals surface area (Å²) in [4.78, 5) is 4.33. The smallest absolute Gasteiger partial charge is 0.193 e. The first-order valence-corrected chi connectivity index (χ1v) is 7.81. The van der Waals surface area contributed by atoms with Crippen LogP contribution in [-0.2, 0) is 6.54 Å². The lowest BCUT2D eigenvalue weighted by Gasteiger charge is -2.10. The zero-order valence-corrected chi connectivity index (χ0v) is 12.8. The predicted molar refractivity (Wildman–Crippen MR) is 88.4 cm³/mol. The van der Waals surface area contributed by atoms with E-state index in [1.807, 2.05) is 5.38 Å². The number of nitrogens with zero attached hydrogens (tertiary/aromatic N) is 1. The van der Waals surface area contributed by atoms with Crippen LogP contribution in [0.2, 0.25) is 0 Å². The molecule has 106 valence electrons. The van der Waals surface area contributed by atoms with E-state index in [-0.39, 0.29) is 0 Å². The Kier molecular flexibility index (Phi) is 5.18.